The lowest BCUT2D eigenvalue weighted by Crippen LogP contribution is -2.38. The maximum Gasteiger partial charge on any atom is 0.252 e. The minimum atomic E-state index is -2.56. The number of halogens is 2. The summed E-state index contributed by atoms with van der Waals surface area (Å²) in [6.45, 7) is 3.46. The molecule has 0 radical (unpaired) electrons. The first-order chi connectivity index (χ1) is 13.0. The van der Waals surface area contributed by atoms with Gasteiger partial charge in [-0.2, -0.15) is 5.10 Å². The Kier molecular flexibility index (Phi) is 3.82. The molecular formula is C20H22F2N4O. The zero-order valence-electron chi connectivity index (χ0n) is 15.2. The Balaban J connectivity index is 1.55. The molecule has 5 rings (SSSR count). The van der Waals surface area contributed by atoms with Crippen LogP contribution in [0.15, 0.2) is 24.5 Å². The molecule has 7 heteroatoms. The summed E-state index contributed by atoms with van der Waals surface area (Å²) in [6.07, 6.45) is 5.29. The molecule has 0 unspecified atom stereocenters. The van der Waals surface area contributed by atoms with Gasteiger partial charge >= 0.3 is 0 Å². The third-order valence-corrected chi connectivity index (χ3v) is 5.85. The molecule has 1 aliphatic carbocycles. The maximum atomic E-state index is 13.5. The van der Waals surface area contributed by atoms with Crippen molar-refractivity contribution in [2.24, 2.45) is 0 Å². The van der Waals surface area contributed by atoms with E-state index in [0.717, 1.165) is 46.4 Å². The van der Waals surface area contributed by atoms with Crippen LogP contribution in [0.1, 0.15) is 48.9 Å². The van der Waals surface area contributed by atoms with Crippen molar-refractivity contribution in [2.45, 2.75) is 50.5 Å². The Morgan fingerprint density at radius 1 is 1.22 bits per heavy atom. The SMILES string of the molecule is Cc1c[nH]c2ncc(-c3cc(C4CCOCC4)n(C4CC(F)(F)C4)n3)cc12. The van der Waals surface area contributed by atoms with Crippen LogP contribution in [0.2, 0.25) is 0 Å². The Morgan fingerprint density at radius 2 is 2.00 bits per heavy atom. The summed E-state index contributed by atoms with van der Waals surface area (Å²) in [5.41, 5.74) is 4.76. The van der Waals surface area contributed by atoms with Crippen molar-refractivity contribution in [3.63, 3.8) is 0 Å². The summed E-state index contributed by atoms with van der Waals surface area (Å²) in [5.74, 6) is -2.26. The van der Waals surface area contributed by atoms with E-state index in [1.54, 1.807) is 6.20 Å². The fraction of sp³-hybridized carbons (Fsp3) is 0.500. The average Bonchev–Trinajstić information content (AvgIpc) is 3.24. The predicted molar refractivity (Wildman–Crippen MR) is 98.1 cm³/mol. The third kappa shape index (κ3) is 2.94. The Morgan fingerprint density at radius 3 is 2.74 bits per heavy atom. The summed E-state index contributed by atoms with van der Waals surface area (Å²) in [4.78, 5) is 7.63. The summed E-state index contributed by atoms with van der Waals surface area (Å²) in [7, 11) is 0. The molecule has 0 aromatic carbocycles. The van der Waals surface area contributed by atoms with E-state index in [9.17, 15) is 8.78 Å². The van der Waals surface area contributed by atoms with E-state index in [0.29, 0.717) is 19.1 Å². The fourth-order valence-corrected chi connectivity index (χ4v) is 4.22. The number of aromatic nitrogens is 4. The van der Waals surface area contributed by atoms with Gasteiger partial charge in [0.1, 0.15) is 5.65 Å². The van der Waals surface area contributed by atoms with Crippen LogP contribution in [-0.2, 0) is 4.74 Å². The second-order valence-corrected chi connectivity index (χ2v) is 7.80. The zero-order valence-corrected chi connectivity index (χ0v) is 15.2. The Hall–Kier alpha value is -2.28. The lowest BCUT2D eigenvalue weighted by atomic mass is 9.87. The number of nitrogens with one attached hydrogen (secondary N) is 1. The molecule has 4 heterocycles. The van der Waals surface area contributed by atoms with E-state index in [2.05, 4.69) is 22.1 Å². The van der Waals surface area contributed by atoms with E-state index in [4.69, 9.17) is 9.84 Å². The number of ether oxygens (including phenoxy) is 1. The van der Waals surface area contributed by atoms with Gasteiger partial charge in [-0.25, -0.2) is 13.8 Å². The molecule has 3 aromatic rings. The van der Waals surface area contributed by atoms with Crippen molar-refractivity contribution in [3.8, 4) is 11.3 Å². The largest absolute Gasteiger partial charge is 0.381 e. The number of pyridine rings is 1. The van der Waals surface area contributed by atoms with Crippen LogP contribution in [0.25, 0.3) is 22.3 Å². The molecule has 0 spiro atoms. The van der Waals surface area contributed by atoms with E-state index in [-0.39, 0.29) is 18.9 Å². The molecule has 1 aliphatic heterocycles. The number of rotatable bonds is 3. The fourth-order valence-electron chi connectivity index (χ4n) is 4.22. The average molecular weight is 372 g/mol. The number of aromatic amines is 1. The quantitative estimate of drug-likeness (QED) is 0.731. The number of fused-ring (bicyclic) bond motifs is 1. The molecule has 0 amide bonds. The molecule has 1 saturated carbocycles. The molecule has 27 heavy (non-hydrogen) atoms. The topological polar surface area (TPSA) is 55.7 Å². The standard InChI is InChI=1S/C20H22F2N4O/c1-12-10-23-19-16(12)6-14(11-24-19)17-7-18(13-2-4-27-5-3-13)26(25-17)15-8-20(21,22)9-15/h6-7,10-11,13,15H,2-5,8-9H2,1H3,(H,23,24). The number of hydrogen-bond acceptors (Lipinski definition) is 3. The number of alkyl halides is 2. The van der Waals surface area contributed by atoms with Gasteiger partial charge in [0.2, 0.25) is 0 Å². The molecule has 0 bridgehead atoms. The van der Waals surface area contributed by atoms with Gasteiger partial charge in [0.05, 0.1) is 11.7 Å². The Bertz CT molecular complexity index is 979. The monoisotopic (exact) mass is 372 g/mol. The molecule has 1 N–H and O–H groups in total. The highest BCUT2D eigenvalue weighted by molar-refractivity contribution is 5.83. The Labute approximate surface area is 155 Å². The van der Waals surface area contributed by atoms with Gasteiger partial charge in [0.15, 0.2) is 0 Å². The summed E-state index contributed by atoms with van der Waals surface area (Å²) >= 11 is 0. The van der Waals surface area contributed by atoms with Gasteiger partial charge in [-0.05, 0) is 37.5 Å². The number of nitrogens with zero attached hydrogens (tertiary/aromatic N) is 3. The van der Waals surface area contributed by atoms with Crippen molar-refractivity contribution in [3.05, 3.63) is 35.8 Å². The molecule has 3 aromatic heterocycles. The van der Waals surface area contributed by atoms with Gasteiger partial charge in [-0.15, -0.1) is 0 Å². The molecule has 142 valence electrons. The van der Waals surface area contributed by atoms with Crippen molar-refractivity contribution in [2.75, 3.05) is 13.2 Å². The normalized spacial score (nSPS) is 20.9. The van der Waals surface area contributed by atoms with Crippen molar-refractivity contribution >= 4 is 11.0 Å². The van der Waals surface area contributed by atoms with E-state index in [1.807, 2.05) is 17.8 Å². The van der Waals surface area contributed by atoms with E-state index < -0.39 is 5.92 Å². The minimum Gasteiger partial charge on any atom is -0.381 e. The first kappa shape index (κ1) is 16.9. The first-order valence-corrected chi connectivity index (χ1v) is 9.49. The summed E-state index contributed by atoms with van der Waals surface area (Å²) in [6, 6.07) is 3.92. The second-order valence-electron chi connectivity index (χ2n) is 7.80. The smallest absolute Gasteiger partial charge is 0.252 e. The van der Waals surface area contributed by atoms with Gasteiger partial charge in [-0.3, -0.25) is 4.68 Å². The van der Waals surface area contributed by atoms with Crippen LogP contribution < -0.4 is 0 Å². The third-order valence-electron chi connectivity index (χ3n) is 5.85. The lowest BCUT2D eigenvalue weighted by Gasteiger charge is -2.37. The molecule has 0 atom stereocenters. The molecule has 2 fully saturated rings. The van der Waals surface area contributed by atoms with Crippen LogP contribution in [0.3, 0.4) is 0 Å². The summed E-state index contributed by atoms with van der Waals surface area (Å²) < 4.78 is 34.3. The van der Waals surface area contributed by atoms with Crippen LogP contribution in [0, 0.1) is 6.92 Å². The van der Waals surface area contributed by atoms with Crippen molar-refractivity contribution < 1.29 is 13.5 Å². The van der Waals surface area contributed by atoms with Gasteiger partial charge in [0, 0.05) is 61.0 Å². The van der Waals surface area contributed by atoms with Gasteiger partial charge in [-0.1, -0.05) is 0 Å². The van der Waals surface area contributed by atoms with Gasteiger partial charge < -0.3 is 9.72 Å². The number of aryl methyl sites for hydroxylation is 1. The van der Waals surface area contributed by atoms with E-state index in [1.165, 1.54) is 0 Å². The number of H-pyrrole nitrogens is 1. The molecular weight excluding hydrogens is 350 g/mol. The molecule has 2 aliphatic rings. The highest BCUT2D eigenvalue weighted by atomic mass is 19.3. The lowest BCUT2D eigenvalue weighted by molar-refractivity contribution is -0.107. The van der Waals surface area contributed by atoms with Gasteiger partial charge in [0.25, 0.3) is 5.92 Å². The van der Waals surface area contributed by atoms with Crippen LogP contribution in [0.5, 0.6) is 0 Å². The van der Waals surface area contributed by atoms with Crippen LogP contribution in [-0.4, -0.2) is 38.9 Å². The molecule has 1 saturated heterocycles. The predicted octanol–water partition coefficient (Wildman–Crippen LogP) is 4.60. The number of hydrogen-bond donors (Lipinski definition) is 1. The minimum absolute atomic E-state index is 0.126. The van der Waals surface area contributed by atoms with Crippen molar-refractivity contribution in [1.29, 1.82) is 0 Å². The van der Waals surface area contributed by atoms with Crippen LogP contribution in [0.4, 0.5) is 8.78 Å². The van der Waals surface area contributed by atoms with E-state index >= 15 is 0 Å². The zero-order chi connectivity index (χ0) is 18.6. The highest BCUT2D eigenvalue weighted by Gasteiger charge is 2.47. The molecule has 5 nitrogen and oxygen atoms in total. The van der Waals surface area contributed by atoms with Crippen molar-refractivity contribution in [1.82, 2.24) is 19.7 Å². The second kappa shape index (κ2) is 6.12. The van der Waals surface area contributed by atoms with Crippen LogP contribution >= 0.6 is 0 Å². The first-order valence-electron chi connectivity index (χ1n) is 9.49. The maximum absolute atomic E-state index is 13.5. The summed E-state index contributed by atoms with van der Waals surface area (Å²) in [5, 5.41) is 5.82. The highest BCUT2D eigenvalue weighted by Crippen LogP contribution is 2.47.